The molecular formula is C34H42N6O4S. The number of carboxylic acid groups (broad SMARTS) is 1. The molecule has 10 nitrogen and oxygen atoms in total. The molecule has 2 aliphatic heterocycles. The summed E-state index contributed by atoms with van der Waals surface area (Å²) in [6.07, 6.45) is 5.10. The average molecular weight is 631 g/mol. The first-order valence-corrected chi connectivity index (χ1v) is 17.4. The van der Waals surface area contributed by atoms with Gasteiger partial charge >= 0.3 is 6.09 Å². The van der Waals surface area contributed by atoms with Crippen LogP contribution in [0.1, 0.15) is 37.7 Å². The van der Waals surface area contributed by atoms with Crippen molar-refractivity contribution in [1.82, 2.24) is 19.6 Å². The summed E-state index contributed by atoms with van der Waals surface area (Å²) < 4.78 is 27.2. The monoisotopic (exact) mass is 630 g/mol. The third-order valence-electron chi connectivity index (χ3n) is 10.5. The number of hydrogen-bond acceptors (Lipinski definition) is 7. The van der Waals surface area contributed by atoms with Crippen LogP contribution in [0.25, 0.3) is 0 Å². The lowest BCUT2D eigenvalue weighted by Crippen LogP contribution is -2.55. The molecule has 3 heterocycles. The zero-order valence-corrected chi connectivity index (χ0v) is 26.8. The van der Waals surface area contributed by atoms with E-state index in [1.807, 2.05) is 30.3 Å². The first-order valence-electron chi connectivity index (χ1n) is 15.9. The van der Waals surface area contributed by atoms with Crippen LogP contribution < -0.4 is 4.90 Å². The van der Waals surface area contributed by atoms with Crippen LogP contribution in [-0.2, 0) is 22.3 Å². The molecule has 1 N–H and O–H groups in total. The number of aryl methyl sites for hydroxylation is 1. The van der Waals surface area contributed by atoms with Crippen LogP contribution in [0.2, 0.25) is 0 Å². The van der Waals surface area contributed by atoms with Crippen molar-refractivity contribution >= 4 is 21.6 Å². The van der Waals surface area contributed by atoms with E-state index in [1.165, 1.54) is 15.6 Å². The van der Waals surface area contributed by atoms with Crippen molar-refractivity contribution in [2.24, 2.45) is 24.8 Å². The molecule has 1 amide bonds. The average Bonchev–Trinajstić information content (AvgIpc) is 3.71. The minimum atomic E-state index is -3.64. The molecule has 3 atom stereocenters. The summed E-state index contributed by atoms with van der Waals surface area (Å²) in [5.74, 6) is 0.650. The van der Waals surface area contributed by atoms with E-state index in [1.54, 1.807) is 32.4 Å². The molecule has 0 spiro atoms. The molecule has 0 radical (unpaired) electrons. The van der Waals surface area contributed by atoms with Crippen LogP contribution in [0.3, 0.4) is 0 Å². The van der Waals surface area contributed by atoms with E-state index in [-0.39, 0.29) is 27.8 Å². The topological polar surface area (TPSA) is 123 Å². The molecule has 238 valence electrons. The van der Waals surface area contributed by atoms with Crippen LogP contribution in [0.15, 0.2) is 76.8 Å². The fraction of sp³-hybridized carbons (Fsp3) is 0.500. The predicted octanol–water partition coefficient (Wildman–Crippen LogP) is 4.64. The first-order chi connectivity index (χ1) is 21.6. The van der Waals surface area contributed by atoms with Gasteiger partial charge in [0.2, 0.25) is 9.84 Å². The minimum Gasteiger partial charge on any atom is -0.465 e. The molecular weight excluding hydrogens is 588 g/mol. The Hall–Kier alpha value is -3.88. The van der Waals surface area contributed by atoms with E-state index in [0.29, 0.717) is 5.92 Å². The van der Waals surface area contributed by atoms with Crippen LogP contribution in [0.4, 0.5) is 10.5 Å². The maximum Gasteiger partial charge on any atom is 0.407 e. The number of sulfone groups is 1. The van der Waals surface area contributed by atoms with E-state index >= 15 is 0 Å². The predicted molar refractivity (Wildman–Crippen MR) is 171 cm³/mol. The van der Waals surface area contributed by atoms with Gasteiger partial charge in [0.15, 0.2) is 5.03 Å². The Kier molecular flexibility index (Phi) is 8.63. The van der Waals surface area contributed by atoms with Gasteiger partial charge in [-0.2, -0.15) is 10.4 Å². The highest BCUT2D eigenvalue weighted by atomic mass is 32.2. The Morgan fingerprint density at radius 2 is 1.73 bits per heavy atom. The molecule has 45 heavy (non-hydrogen) atoms. The van der Waals surface area contributed by atoms with E-state index in [2.05, 4.69) is 33.1 Å². The molecule has 0 bridgehead atoms. The van der Waals surface area contributed by atoms with Gasteiger partial charge < -0.3 is 19.8 Å². The van der Waals surface area contributed by atoms with Gasteiger partial charge in [-0.3, -0.25) is 4.68 Å². The minimum absolute atomic E-state index is 0.0342. The van der Waals surface area contributed by atoms with Gasteiger partial charge in [-0.15, -0.1) is 0 Å². The van der Waals surface area contributed by atoms with Crippen molar-refractivity contribution in [3.8, 4) is 6.07 Å². The van der Waals surface area contributed by atoms with E-state index in [9.17, 15) is 23.6 Å². The summed E-state index contributed by atoms with van der Waals surface area (Å²) >= 11 is 0. The highest BCUT2D eigenvalue weighted by Crippen LogP contribution is 2.51. The number of piperidine rings is 1. The van der Waals surface area contributed by atoms with Gasteiger partial charge in [-0.25, -0.2) is 13.2 Å². The molecule has 1 aromatic heterocycles. The number of aromatic nitrogens is 2. The molecule has 3 aromatic rings. The van der Waals surface area contributed by atoms with Crippen molar-refractivity contribution < 1.29 is 18.3 Å². The van der Waals surface area contributed by atoms with Crippen molar-refractivity contribution in [2.45, 2.75) is 53.5 Å². The number of nitriles is 1. The van der Waals surface area contributed by atoms with Crippen LogP contribution in [-0.4, -0.2) is 85.0 Å². The number of nitrogens with zero attached hydrogens (tertiary/aromatic N) is 6. The fourth-order valence-electron chi connectivity index (χ4n) is 8.11. The van der Waals surface area contributed by atoms with Crippen molar-refractivity contribution in [2.75, 3.05) is 44.7 Å². The molecule has 11 heteroatoms. The molecule has 2 aromatic carbocycles. The third-order valence-corrected chi connectivity index (χ3v) is 12.1. The normalized spacial score (nSPS) is 22.8. The van der Waals surface area contributed by atoms with Gasteiger partial charge in [0.25, 0.3) is 0 Å². The molecule has 2 saturated heterocycles. The van der Waals surface area contributed by atoms with Crippen LogP contribution in [0.5, 0.6) is 0 Å². The van der Waals surface area contributed by atoms with E-state index < -0.39 is 21.3 Å². The maximum atomic E-state index is 12.9. The molecule has 1 saturated carbocycles. The van der Waals surface area contributed by atoms with Crippen molar-refractivity contribution in [3.05, 3.63) is 72.4 Å². The quantitative estimate of drug-likeness (QED) is 0.363. The first kappa shape index (κ1) is 31.1. The van der Waals surface area contributed by atoms with E-state index in [4.69, 9.17) is 0 Å². The lowest BCUT2D eigenvalue weighted by Gasteiger charge is -2.48. The zero-order chi connectivity index (χ0) is 31.8. The molecule has 1 unspecified atom stereocenters. The Bertz CT molecular complexity index is 1640. The third kappa shape index (κ3) is 5.82. The molecule has 1 aliphatic carbocycles. The summed E-state index contributed by atoms with van der Waals surface area (Å²) in [7, 11) is -0.285. The fourth-order valence-corrected chi connectivity index (χ4v) is 9.32. The maximum absolute atomic E-state index is 12.9. The number of hydrogen-bond donors (Lipinski definition) is 1. The second-order valence-electron chi connectivity index (χ2n) is 13.0. The zero-order valence-electron chi connectivity index (χ0n) is 26.0. The van der Waals surface area contributed by atoms with Crippen molar-refractivity contribution in [1.29, 1.82) is 5.26 Å². The Morgan fingerprint density at radius 1 is 1.04 bits per heavy atom. The van der Waals surface area contributed by atoms with Crippen molar-refractivity contribution in [3.63, 3.8) is 0 Å². The van der Waals surface area contributed by atoms with Gasteiger partial charge in [0.1, 0.15) is 0 Å². The summed E-state index contributed by atoms with van der Waals surface area (Å²) in [6.45, 7) is 4.68. The van der Waals surface area contributed by atoms with E-state index in [0.717, 1.165) is 76.1 Å². The van der Waals surface area contributed by atoms with Gasteiger partial charge in [0.05, 0.1) is 16.4 Å². The number of benzene rings is 2. The molecule has 6 rings (SSSR count). The number of likely N-dealkylation sites (tertiary alicyclic amines) is 1. The van der Waals surface area contributed by atoms with Gasteiger partial charge in [0, 0.05) is 63.5 Å². The Balaban J connectivity index is 1.07. The summed E-state index contributed by atoms with van der Waals surface area (Å²) in [6, 6.07) is 21.3. The second kappa shape index (κ2) is 12.5. The summed E-state index contributed by atoms with van der Waals surface area (Å²) in [5.41, 5.74) is 1.32. The van der Waals surface area contributed by atoms with Gasteiger partial charge in [-0.1, -0.05) is 36.8 Å². The number of amides is 1. The smallest absolute Gasteiger partial charge is 0.407 e. The second-order valence-corrected chi connectivity index (χ2v) is 14.9. The highest BCUT2D eigenvalue weighted by molar-refractivity contribution is 7.91. The highest BCUT2D eigenvalue weighted by Gasteiger charge is 2.53. The number of carbonyl (C=O) groups is 1. The standard InChI is InChI=1S/C34H42N6O4S/c1-37-18-17-32(36-37)45(43,44)29-13-11-28(12-14-29)40-22-25(23-40)21-39-19-15-27(16-20-39)34(24-35,26-7-4-3-5-8-26)30-9-6-10-31(30)38(2)33(41)42/h3-5,7-8,11-14,17-18,25,27,30-31H,6,9-10,15-16,19-23H2,1-2H3,(H,41,42)/t30-,31-,34?/m0/s1. The number of anilines is 1. The Morgan fingerprint density at radius 3 is 2.33 bits per heavy atom. The SMILES string of the molecule is CN(C(=O)O)[C@H]1CCC[C@@H]1C(C#N)(c1ccccc1)C1CCN(CC2CN(c3ccc(S(=O)(=O)c4ccn(C)n4)cc3)C2)CC1. The Labute approximate surface area is 265 Å². The van der Waals surface area contributed by atoms with Crippen LogP contribution >= 0.6 is 0 Å². The van der Waals surface area contributed by atoms with Gasteiger partial charge in [-0.05, 0) is 80.6 Å². The lowest BCUT2D eigenvalue weighted by atomic mass is 9.59. The largest absolute Gasteiger partial charge is 0.465 e. The summed E-state index contributed by atoms with van der Waals surface area (Å²) in [4.78, 5) is 18.5. The molecule has 3 fully saturated rings. The summed E-state index contributed by atoms with van der Waals surface area (Å²) in [5, 5.41) is 24.8. The number of rotatable bonds is 9. The lowest BCUT2D eigenvalue weighted by molar-refractivity contribution is 0.0716. The molecule has 3 aliphatic rings. The van der Waals surface area contributed by atoms with Crippen LogP contribution in [0, 0.1) is 29.1 Å².